The first-order valence-electron chi connectivity index (χ1n) is 9.62. The third-order valence-electron chi connectivity index (χ3n) is 5.92. The van der Waals surface area contributed by atoms with Crippen molar-refractivity contribution in [2.24, 2.45) is 4.99 Å². The van der Waals surface area contributed by atoms with Gasteiger partial charge in [0.05, 0.1) is 26.0 Å². The van der Waals surface area contributed by atoms with Crippen LogP contribution in [-0.2, 0) is 0 Å². The third-order valence-corrected chi connectivity index (χ3v) is 5.92. The average molecular weight is 364 g/mol. The van der Waals surface area contributed by atoms with E-state index in [2.05, 4.69) is 56.1 Å². The molecule has 4 rings (SSSR count). The predicted octanol–water partition coefficient (Wildman–Crippen LogP) is 3.96. The monoisotopic (exact) mass is 364 g/mol. The van der Waals surface area contributed by atoms with Crippen LogP contribution in [0.5, 0.6) is 11.5 Å². The maximum Gasteiger partial charge on any atom is 0.161 e. The molecule has 4 heteroatoms. The number of benzene rings is 2. The van der Waals surface area contributed by atoms with Crippen LogP contribution < -0.4 is 9.47 Å². The molecule has 0 N–H and O–H groups in total. The van der Waals surface area contributed by atoms with Gasteiger partial charge in [-0.3, -0.25) is 4.99 Å². The van der Waals surface area contributed by atoms with E-state index in [1.165, 1.54) is 27.8 Å². The smallest absolute Gasteiger partial charge is 0.161 e. The van der Waals surface area contributed by atoms with Gasteiger partial charge in [-0.15, -0.1) is 0 Å². The summed E-state index contributed by atoms with van der Waals surface area (Å²) in [5.74, 6) is 1.95. The van der Waals surface area contributed by atoms with Crippen molar-refractivity contribution < 1.29 is 9.47 Å². The summed E-state index contributed by atoms with van der Waals surface area (Å²) in [6, 6.07) is 11.2. The predicted molar refractivity (Wildman–Crippen MR) is 110 cm³/mol. The molecular weight excluding hydrogens is 336 g/mol. The van der Waals surface area contributed by atoms with Crippen molar-refractivity contribution in [1.82, 2.24) is 4.90 Å². The molecule has 0 amide bonds. The minimum Gasteiger partial charge on any atom is -0.493 e. The number of hydrogen-bond acceptors (Lipinski definition) is 4. The van der Waals surface area contributed by atoms with Crippen molar-refractivity contribution in [1.29, 1.82) is 0 Å². The van der Waals surface area contributed by atoms with Gasteiger partial charge < -0.3 is 14.4 Å². The fourth-order valence-electron chi connectivity index (χ4n) is 4.50. The number of aliphatic imine (C=N–C) groups is 1. The molecule has 2 aromatic carbocycles. The average Bonchev–Trinajstić information content (AvgIpc) is 2.66. The molecule has 2 atom stereocenters. The molecule has 0 bridgehead atoms. The Morgan fingerprint density at radius 2 is 1.74 bits per heavy atom. The molecule has 2 aliphatic heterocycles. The molecule has 1 saturated heterocycles. The number of hydrogen-bond donors (Lipinski definition) is 0. The largest absolute Gasteiger partial charge is 0.493 e. The second kappa shape index (κ2) is 7.01. The standard InChI is InChI=1S/C23H28N2O2/c1-14-6-7-16(15(2)10-14)23-18-12-22(27-5)21(26-4)11-17(18)19-13-25(3)9-8-20(19)24-23/h6-7,10-12,19-20H,8-9,13H2,1-5H3. The lowest BCUT2D eigenvalue weighted by Gasteiger charge is -2.39. The number of fused-ring (bicyclic) bond motifs is 3. The molecule has 142 valence electrons. The Hall–Kier alpha value is -2.33. The molecule has 2 aromatic rings. The number of aryl methyl sites for hydroxylation is 2. The summed E-state index contributed by atoms with van der Waals surface area (Å²) in [6.45, 7) is 6.42. The lowest BCUT2D eigenvalue weighted by Crippen LogP contribution is -2.42. The van der Waals surface area contributed by atoms with Crippen molar-refractivity contribution in [3.63, 3.8) is 0 Å². The number of rotatable bonds is 3. The minimum absolute atomic E-state index is 0.322. The van der Waals surface area contributed by atoms with Crippen molar-refractivity contribution >= 4 is 5.71 Å². The topological polar surface area (TPSA) is 34.1 Å². The van der Waals surface area contributed by atoms with E-state index in [0.29, 0.717) is 12.0 Å². The quantitative estimate of drug-likeness (QED) is 0.827. The Balaban J connectivity index is 1.93. The van der Waals surface area contributed by atoms with Crippen LogP contribution in [0.25, 0.3) is 0 Å². The van der Waals surface area contributed by atoms with E-state index in [4.69, 9.17) is 14.5 Å². The first-order chi connectivity index (χ1) is 13.0. The normalized spacial score (nSPS) is 21.9. The highest BCUT2D eigenvalue weighted by Gasteiger charge is 2.36. The fourth-order valence-corrected chi connectivity index (χ4v) is 4.50. The van der Waals surface area contributed by atoms with Crippen molar-refractivity contribution in [2.75, 3.05) is 34.4 Å². The molecule has 27 heavy (non-hydrogen) atoms. The molecule has 0 radical (unpaired) electrons. The number of methoxy groups -OCH3 is 2. The van der Waals surface area contributed by atoms with Crippen LogP contribution in [0, 0.1) is 13.8 Å². The van der Waals surface area contributed by atoms with E-state index in [1.54, 1.807) is 14.2 Å². The SMILES string of the molecule is COc1cc2c(cc1OC)C1CN(C)CCC1N=C2c1ccc(C)cc1C. The lowest BCUT2D eigenvalue weighted by atomic mass is 9.78. The molecule has 0 aliphatic carbocycles. The molecule has 2 aliphatic rings. The van der Waals surface area contributed by atoms with Crippen LogP contribution >= 0.6 is 0 Å². The van der Waals surface area contributed by atoms with Crippen LogP contribution in [0.4, 0.5) is 0 Å². The van der Waals surface area contributed by atoms with Crippen LogP contribution in [0.2, 0.25) is 0 Å². The van der Waals surface area contributed by atoms with Gasteiger partial charge in [0.1, 0.15) is 0 Å². The molecule has 0 saturated carbocycles. The van der Waals surface area contributed by atoms with Crippen molar-refractivity contribution in [3.8, 4) is 11.5 Å². The highest BCUT2D eigenvalue weighted by atomic mass is 16.5. The second-order valence-electron chi connectivity index (χ2n) is 7.82. The number of nitrogens with zero attached hydrogens (tertiary/aromatic N) is 2. The Kier molecular flexibility index (Phi) is 4.68. The molecule has 0 spiro atoms. The number of piperidine rings is 1. The summed E-state index contributed by atoms with van der Waals surface area (Å²) in [5, 5.41) is 0. The van der Waals surface area contributed by atoms with E-state index in [-0.39, 0.29) is 0 Å². The first-order valence-corrected chi connectivity index (χ1v) is 9.62. The van der Waals surface area contributed by atoms with Crippen LogP contribution in [0.3, 0.4) is 0 Å². The van der Waals surface area contributed by atoms with Crippen LogP contribution in [-0.4, -0.2) is 51.0 Å². The van der Waals surface area contributed by atoms with Gasteiger partial charge in [-0.2, -0.15) is 0 Å². The zero-order chi connectivity index (χ0) is 19.1. The van der Waals surface area contributed by atoms with Gasteiger partial charge in [0, 0.05) is 23.6 Å². The Labute approximate surface area is 161 Å². The summed E-state index contributed by atoms with van der Waals surface area (Å²) >= 11 is 0. The maximum atomic E-state index is 5.61. The van der Waals surface area contributed by atoms with Gasteiger partial charge in [0.2, 0.25) is 0 Å². The lowest BCUT2D eigenvalue weighted by molar-refractivity contribution is 0.227. The molecule has 1 fully saturated rings. The van der Waals surface area contributed by atoms with Crippen LogP contribution in [0.1, 0.15) is 40.2 Å². The highest BCUT2D eigenvalue weighted by Crippen LogP contribution is 2.42. The van der Waals surface area contributed by atoms with E-state index >= 15 is 0 Å². The van der Waals surface area contributed by atoms with Crippen LogP contribution in [0.15, 0.2) is 35.3 Å². The molecule has 2 unspecified atom stereocenters. The zero-order valence-electron chi connectivity index (χ0n) is 16.9. The number of likely N-dealkylation sites (tertiary alicyclic amines) is 1. The van der Waals surface area contributed by atoms with E-state index < -0.39 is 0 Å². The Morgan fingerprint density at radius 1 is 1.00 bits per heavy atom. The van der Waals surface area contributed by atoms with E-state index in [1.807, 2.05) is 0 Å². The van der Waals surface area contributed by atoms with E-state index in [9.17, 15) is 0 Å². The van der Waals surface area contributed by atoms with Crippen molar-refractivity contribution in [2.45, 2.75) is 32.2 Å². The summed E-state index contributed by atoms with van der Waals surface area (Å²) in [5.41, 5.74) is 7.35. The highest BCUT2D eigenvalue weighted by molar-refractivity contribution is 6.15. The first kappa shape index (κ1) is 18.1. The molecule has 4 nitrogen and oxygen atoms in total. The number of likely N-dealkylation sites (N-methyl/N-ethyl adjacent to an activating group) is 1. The second-order valence-corrected chi connectivity index (χ2v) is 7.82. The fraction of sp³-hybridized carbons (Fsp3) is 0.435. The minimum atomic E-state index is 0.322. The Morgan fingerprint density at radius 3 is 2.44 bits per heavy atom. The molecule has 0 aromatic heterocycles. The van der Waals surface area contributed by atoms with Crippen molar-refractivity contribution in [3.05, 3.63) is 58.1 Å². The summed E-state index contributed by atoms with van der Waals surface area (Å²) in [6.07, 6.45) is 1.09. The molecule has 2 heterocycles. The molecular formula is C23H28N2O2. The number of ether oxygens (including phenoxy) is 2. The summed E-state index contributed by atoms with van der Waals surface area (Å²) in [4.78, 5) is 7.67. The van der Waals surface area contributed by atoms with E-state index in [0.717, 1.165) is 36.7 Å². The third kappa shape index (κ3) is 3.12. The summed E-state index contributed by atoms with van der Waals surface area (Å²) in [7, 11) is 5.59. The Bertz CT molecular complexity index is 903. The van der Waals surface area contributed by atoms with Gasteiger partial charge in [-0.05, 0) is 57.1 Å². The van der Waals surface area contributed by atoms with Gasteiger partial charge in [0.15, 0.2) is 11.5 Å². The van der Waals surface area contributed by atoms with Gasteiger partial charge in [-0.25, -0.2) is 0 Å². The summed E-state index contributed by atoms with van der Waals surface area (Å²) < 4.78 is 11.2. The van der Waals surface area contributed by atoms with Gasteiger partial charge in [0.25, 0.3) is 0 Å². The van der Waals surface area contributed by atoms with Gasteiger partial charge >= 0.3 is 0 Å². The zero-order valence-corrected chi connectivity index (χ0v) is 16.9. The van der Waals surface area contributed by atoms with Gasteiger partial charge in [-0.1, -0.05) is 23.8 Å². The maximum absolute atomic E-state index is 5.61.